The molecule has 0 radical (unpaired) electrons. The predicted molar refractivity (Wildman–Crippen MR) is 55.4 cm³/mol. The van der Waals surface area contributed by atoms with Crippen LogP contribution < -0.4 is 5.73 Å². The van der Waals surface area contributed by atoms with Gasteiger partial charge in [0.15, 0.2) is 5.92 Å². The Morgan fingerprint density at radius 1 is 1.62 bits per heavy atom. The molecule has 0 saturated carbocycles. The molecule has 0 bridgehead atoms. The van der Waals surface area contributed by atoms with Crippen LogP contribution in [0.5, 0.6) is 0 Å². The summed E-state index contributed by atoms with van der Waals surface area (Å²) in [4.78, 5) is 21.1. The van der Waals surface area contributed by atoms with E-state index >= 15 is 0 Å². The summed E-state index contributed by atoms with van der Waals surface area (Å²) in [5, 5.41) is 19.5. The quantitative estimate of drug-likeness (QED) is 0.603. The van der Waals surface area contributed by atoms with Crippen LogP contribution in [0.25, 0.3) is 0 Å². The van der Waals surface area contributed by atoms with Crippen LogP contribution in [-0.4, -0.2) is 10.8 Å². The van der Waals surface area contributed by atoms with E-state index in [1.54, 1.807) is 19.1 Å². The molecule has 82 valence electrons. The fourth-order valence-electron chi connectivity index (χ4n) is 1.34. The Morgan fingerprint density at radius 2 is 2.25 bits per heavy atom. The Kier molecular flexibility index (Phi) is 3.20. The van der Waals surface area contributed by atoms with Crippen LogP contribution in [0.2, 0.25) is 0 Å². The zero-order valence-corrected chi connectivity index (χ0v) is 8.51. The maximum Gasteiger partial charge on any atom is 0.274 e. The third-order valence-corrected chi connectivity index (χ3v) is 2.11. The van der Waals surface area contributed by atoms with E-state index in [1.165, 1.54) is 12.1 Å². The Labute approximate surface area is 91.4 Å². The van der Waals surface area contributed by atoms with Crippen LogP contribution in [0, 0.1) is 28.4 Å². The van der Waals surface area contributed by atoms with Crippen molar-refractivity contribution >= 4 is 11.6 Å². The first-order chi connectivity index (χ1) is 7.47. The van der Waals surface area contributed by atoms with Crippen molar-refractivity contribution < 1.29 is 9.72 Å². The smallest absolute Gasteiger partial charge is 0.274 e. The molecule has 2 N–H and O–H groups in total. The first kappa shape index (κ1) is 11.7. The number of nitriles is 1. The van der Waals surface area contributed by atoms with Gasteiger partial charge >= 0.3 is 0 Å². The Bertz CT molecular complexity index is 491. The molecule has 0 heterocycles. The van der Waals surface area contributed by atoms with Gasteiger partial charge in [0.1, 0.15) is 0 Å². The van der Waals surface area contributed by atoms with Crippen molar-refractivity contribution in [2.24, 2.45) is 5.73 Å². The van der Waals surface area contributed by atoms with E-state index in [-0.39, 0.29) is 11.3 Å². The lowest BCUT2D eigenvalue weighted by molar-refractivity contribution is -0.385. The number of rotatable bonds is 3. The van der Waals surface area contributed by atoms with Gasteiger partial charge in [0.05, 0.1) is 16.6 Å². The Hall–Kier alpha value is -2.42. The van der Waals surface area contributed by atoms with Crippen molar-refractivity contribution in [3.8, 4) is 6.07 Å². The van der Waals surface area contributed by atoms with Gasteiger partial charge < -0.3 is 5.73 Å². The molecule has 1 rings (SSSR count). The van der Waals surface area contributed by atoms with Gasteiger partial charge in [-0.1, -0.05) is 12.1 Å². The van der Waals surface area contributed by atoms with Gasteiger partial charge in [-0.25, -0.2) is 0 Å². The van der Waals surface area contributed by atoms with Crippen molar-refractivity contribution in [2.45, 2.75) is 12.8 Å². The summed E-state index contributed by atoms with van der Waals surface area (Å²) in [6.45, 7) is 1.68. The van der Waals surface area contributed by atoms with Gasteiger partial charge in [-0.3, -0.25) is 14.9 Å². The normalized spacial score (nSPS) is 11.5. The summed E-state index contributed by atoms with van der Waals surface area (Å²) < 4.78 is 0. The highest BCUT2D eigenvalue weighted by molar-refractivity contribution is 5.86. The zero-order valence-electron chi connectivity index (χ0n) is 8.51. The van der Waals surface area contributed by atoms with Gasteiger partial charge in [-0.05, 0) is 12.5 Å². The molecule has 0 fully saturated rings. The number of nitro groups is 1. The molecule has 1 aromatic rings. The van der Waals surface area contributed by atoms with Crippen molar-refractivity contribution in [1.82, 2.24) is 0 Å². The van der Waals surface area contributed by atoms with Crippen LogP contribution in [0.3, 0.4) is 0 Å². The summed E-state index contributed by atoms with van der Waals surface area (Å²) in [6, 6.07) is 5.94. The summed E-state index contributed by atoms with van der Waals surface area (Å²) in [7, 11) is 0. The highest BCUT2D eigenvalue weighted by Gasteiger charge is 2.26. The van der Waals surface area contributed by atoms with Crippen molar-refractivity contribution in [2.75, 3.05) is 0 Å². The summed E-state index contributed by atoms with van der Waals surface area (Å²) in [5.74, 6) is -2.18. The van der Waals surface area contributed by atoms with Crippen molar-refractivity contribution in [3.05, 3.63) is 39.4 Å². The van der Waals surface area contributed by atoms with Crippen molar-refractivity contribution in [3.63, 3.8) is 0 Å². The number of benzene rings is 1. The average molecular weight is 219 g/mol. The molecule has 1 aromatic carbocycles. The monoisotopic (exact) mass is 219 g/mol. The number of carbonyl (C=O) groups excluding carboxylic acids is 1. The van der Waals surface area contributed by atoms with Crippen LogP contribution in [0.15, 0.2) is 18.2 Å². The first-order valence-corrected chi connectivity index (χ1v) is 4.41. The van der Waals surface area contributed by atoms with E-state index in [9.17, 15) is 14.9 Å². The molecule has 0 aromatic heterocycles. The number of hydrogen-bond donors (Lipinski definition) is 1. The molecule has 0 saturated heterocycles. The highest BCUT2D eigenvalue weighted by atomic mass is 16.6. The minimum atomic E-state index is -1.29. The molecule has 1 unspecified atom stereocenters. The largest absolute Gasteiger partial charge is 0.368 e. The van der Waals surface area contributed by atoms with E-state index < -0.39 is 16.7 Å². The van der Waals surface area contributed by atoms with Gasteiger partial charge in [0, 0.05) is 6.07 Å². The first-order valence-electron chi connectivity index (χ1n) is 4.41. The second-order valence-electron chi connectivity index (χ2n) is 3.28. The van der Waals surface area contributed by atoms with Crippen molar-refractivity contribution in [1.29, 1.82) is 5.26 Å². The summed E-state index contributed by atoms with van der Waals surface area (Å²) >= 11 is 0. The second kappa shape index (κ2) is 4.40. The predicted octanol–water partition coefficient (Wildman–Crippen LogP) is 0.996. The lowest BCUT2D eigenvalue weighted by Gasteiger charge is -2.06. The number of carbonyl (C=O) groups is 1. The van der Waals surface area contributed by atoms with E-state index in [1.807, 2.05) is 0 Å². The number of aryl methyl sites for hydroxylation is 1. The lowest BCUT2D eigenvalue weighted by atomic mass is 9.97. The Morgan fingerprint density at radius 3 is 2.69 bits per heavy atom. The molecule has 0 spiro atoms. The molecule has 6 heteroatoms. The zero-order chi connectivity index (χ0) is 12.3. The summed E-state index contributed by atoms with van der Waals surface area (Å²) in [5.41, 5.74) is 5.45. The number of primary amides is 1. The van der Waals surface area contributed by atoms with E-state index in [0.717, 1.165) is 0 Å². The van der Waals surface area contributed by atoms with Crippen LogP contribution in [0.4, 0.5) is 5.69 Å². The second-order valence-corrected chi connectivity index (χ2v) is 3.28. The third-order valence-electron chi connectivity index (χ3n) is 2.11. The number of amides is 1. The molecule has 6 nitrogen and oxygen atoms in total. The van der Waals surface area contributed by atoms with Gasteiger partial charge in [0.25, 0.3) is 5.69 Å². The van der Waals surface area contributed by atoms with Gasteiger partial charge in [-0.15, -0.1) is 0 Å². The number of nitrogens with zero attached hydrogens (tertiary/aromatic N) is 2. The molecule has 0 aliphatic heterocycles. The fourth-order valence-corrected chi connectivity index (χ4v) is 1.34. The standard InChI is InChI=1S/C10H9N3O3/c1-6-2-3-7(8(5-11)10(12)14)9(4-6)13(15)16/h2-4,8H,1H3,(H2,12,14). The van der Waals surface area contributed by atoms with Crippen LogP contribution >= 0.6 is 0 Å². The van der Waals surface area contributed by atoms with E-state index in [2.05, 4.69) is 0 Å². The fraction of sp³-hybridized carbons (Fsp3) is 0.200. The molecule has 0 aliphatic carbocycles. The van der Waals surface area contributed by atoms with E-state index in [0.29, 0.717) is 5.56 Å². The summed E-state index contributed by atoms with van der Waals surface area (Å²) in [6.07, 6.45) is 0. The molecule has 0 aliphatic rings. The molecule has 16 heavy (non-hydrogen) atoms. The molecular formula is C10H9N3O3. The maximum absolute atomic E-state index is 11.0. The SMILES string of the molecule is Cc1ccc(C(C#N)C(N)=O)c([N+](=O)[O-])c1. The third kappa shape index (κ3) is 2.15. The average Bonchev–Trinajstić information content (AvgIpc) is 2.20. The highest BCUT2D eigenvalue weighted by Crippen LogP contribution is 2.27. The number of hydrogen-bond acceptors (Lipinski definition) is 4. The maximum atomic E-state index is 11.0. The van der Waals surface area contributed by atoms with Gasteiger partial charge in [0.2, 0.25) is 5.91 Å². The molecule has 1 amide bonds. The minimum Gasteiger partial charge on any atom is -0.368 e. The molecule has 1 atom stereocenters. The Balaban J connectivity index is 3.38. The molecular weight excluding hydrogens is 210 g/mol. The van der Waals surface area contributed by atoms with E-state index in [4.69, 9.17) is 11.0 Å². The minimum absolute atomic E-state index is 0.0330. The van der Waals surface area contributed by atoms with Crippen LogP contribution in [-0.2, 0) is 4.79 Å². The van der Waals surface area contributed by atoms with Crippen LogP contribution in [0.1, 0.15) is 17.0 Å². The number of nitrogens with two attached hydrogens (primary N) is 1. The lowest BCUT2D eigenvalue weighted by Crippen LogP contribution is -2.20. The van der Waals surface area contributed by atoms with Gasteiger partial charge in [-0.2, -0.15) is 5.26 Å². The topological polar surface area (TPSA) is 110 Å². The number of nitro benzene ring substituents is 1.